The van der Waals surface area contributed by atoms with Gasteiger partial charge in [0.15, 0.2) is 0 Å². The number of thiophene rings is 1. The molecule has 15 heavy (non-hydrogen) atoms. The summed E-state index contributed by atoms with van der Waals surface area (Å²) >= 11 is 1.77. The lowest BCUT2D eigenvalue weighted by molar-refractivity contribution is 0.0753. The highest BCUT2D eigenvalue weighted by Gasteiger charge is 2.12. The Balaban J connectivity index is 1.68. The van der Waals surface area contributed by atoms with E-state index >= 15 is 0 Å². The molecular formula is C11H18N2OS. The Morgan fingerprint density at radius 3 is 3.27 bits per heavy atom. The Bertz CT molecular complexity index is 295. The summed E-state index contributed by atoms with van der Waals surface area (Å²) in [4.78, 5) is 0. The molecule has 1 fully saturated rings. The highest BCUT2D eigenvalue weighted by Crippen LogP contribution is 2.21. The van der Waals surface area contributed by atoms with Crippen molar-refractivity contribution in [3.8, 4) is 0 Å². The van der Waals surface area contributed by atoms with E-state index in [2.05, 4.69) is 29.0 Å². The average molecular weight is 226 g/mol. The van der Waals surface area contributed by atoms with Crippen LogP contribution in [0.3, 0.4) is 0 Å². The zero-order valence-corrected chi connectivity index (χ0v) is 9.90. The Morgan fingerprint density at radius 2 is 2.60 bits per heavy atom. The van der Waals surface area contributed by atoms with E-state index in [9.17, 15) is 0 Å². The molecule has 0 spiro atoms. The van der Waals surface area contributed by atoms with Crippen molar-refractivity contribution in [3.05, 3.63) is 17.0 Å². The second kappa shape index (κ2) is 5.49. The number of hydrogen-bond donors (Lipinski definition) is 2. The number of aryl methyl sites for hydroxylation is 1. The predicted octanol–water partition coefficient (Wildman–Crippen LogP) is 1.85. The van der Waals surface area contributed by atoms with Gasteiger partial charge in [-0.05, 0) is 30.4 Å². The van der Waals surface area contributed by atoms with E-state index in [0.29, 0.717) is 6.04 Å². The molecule has 0 aromatic carbocycles. The Hall–Kier alpha value is -0.580. The first kappa shape index (κ1) is 10.9. The maximum absolute atomic E-state index is 5.41. The lowest BCUT2D eigenvalue weighted by atomic mass is 10.2. The molecule has 2 rings (SSSR count). The summed E-state index contributed by atoms with van der Waals surface area (Å²) in [5.74, 6) is 0. The van der Waals surface area contributed by atoms with Crippen molar-refractivity contribution < 1.29 is 4.74 Å². The predicted molar refractivity (Wildman–Crippen MR) is 64.8 cm³/mol. The number of nitrogens with one attached hydrogen (secondary N) is 2. The van der Waals surface area contributed by atoms with Gasteiger partial charge < -0.3 is 15.4 Å². The molecule has 1 unspecified atom stereocenters. The first-order valence-electron chi connectivity index (χ1n) is 5.45. The van der Waals surface area contributed by atoms with Crippen LogP contribution in [0.1, 0.15) is 12.0 Å². The first-order valence-corrected chi connectivity index (χ1v) is 6.33. The van der Waals surface area contributed by atoms with E-state index in [-0.39, 0.29) is 0 Å². The molecule has 0 saturated carbocycles. The summed E-state index contributed by atoms with van der Waals surface area (Å²) in [6.07, 6.45) is 1.12. The second-order valence-corrected chi connectivity index (χ2v) is 4.79. The summed E-state index contributed by atoms with van der Waals surface area (Å²) in [6, 6.07) is 2.67. The van der Waals surface area contributed by atoms with E-state index in [4.69, 9.17) is 4.74 Å². The zero-order valence-electron chi connectivity index (χ0n) is 9.08. The minimum absolute atomic E-state index is 0.520. The van der Waals surface area contributed by atoms with E-state index in [1.54, 1.807) is 11.3 Å². The van der Waals surface area contributed by atoms with E-state index < -0.39 is 0 Å². The van der Waals surface area contributed by atoms with Crippen molar-refractivity contribution in [3.63, 3.8) is 0 Å². The zero-order chi connectivity index (χ0) is 10.5. The Labute approximate surface area is 94.8 Å². The number of anilines is 1. The van der Waals surface area contributed by atoms with Gasteiger partial charge in [0.25, 0.3) is 0 Å². The largest absolute Gasteiger partial charge is 0.379 e. The Morgan fingerprint density at radius 1 is 1.67 bits per heavy atom. The highest BCUT2D eigenvalue weighted by atomic mass is 32.1. The summed E-state index contributed by atoms with van der Waals surface area (Å²) in [5.41, 5.74) is 1.34. The van der Waals surface area contributed by atoms with Crippen LogP contribution >= 0.6 is 11.3 Å². The van der Waals surface area contributed by atoms with Crippen molar-refractivity contribution >= 4 is 16.3 Å². The Kier molecular flexibility index (Phi) is 4.00. The van der Waals surface area contributed by atoms with Crippen LogP contribution in [-0.4, -0.2) is 32.3 Å². The number of rotatable bonds is 4. The standard InChI is InChI=1S/C11H18N2OS/c1-9-3-7-15-11(9)13-4-2-10-8-14-6-5-12-10/h3,7,10,12-13H,2,4-6,8H2,1H3. The molecule has 4 heteroatoms. The van der Waals surface area contributed by atoms with Gasteiger partial charge in [-0.25, -0.2) is 0 Å². The maximum atomic E-state index is 5.41. The van der Waals surface area contributed by atoms with E-state index in [0.717, 1.165) is 32.7 Å². The van der Waals surface area contributed by atoms with Crippen molar-refractivity contribution in [2.24, 2.45) is 0 Å². The maximum Gasteiger partial charge on any atom is 0.0912 e. The molecule has 1 aliphatic rings. The average Bonchev–Trinajstić information content (AvgIpc) is 2.66. The number of hydrogen-bond acceptors (Lipinski definition) is 4. The van der Waals surface area contributed by atoms with Crippen LogP contribution in [0, 0.1) is 6.92 Å². The molecule has 2 heterocycles. The number of ether oxygens (including phenoxy) is 1. The smallest absolute Gasteiger partial charge is 0.0912 e. The van der Waals surface area contributed by atoms with E-state index in [1.165, 1.54) is 10.6 Å². The lowest BCUT2D eigenvalue weighted by Crippen LogP contribution is -2.42. The summed E-state index contributed by atoms with van der Waals surface area (Å²) in [6.45, 7) is 5.85. The quantitative estimate of drug-likeness (QED) is 0.822. The molecule has 1 aromatic heterocycles. The third kappa shape index (κ3) is 3.19. The van der Waals surface area contributed by atoms with Crippen molar-refractivity contribution in [2.75, 3.05) is 31.6 Å². The van der Waals surface area contributed by atoms with Crippen LogP contribution in [0.25, 0.3) is 0 Å². The summed E-state index contributed by atoms with van der Waals surface area (Å²) in [5, 5.41) is 10.3. The highest BCUT2D eigenvalue weighted by molar-refractivity contribution is 7.14. The van der Waals surface area contributed by atoms with Crippen LogP contribution in [0.5, 0.6) is 0 Å². The van der Waals surface area contributed by atoms with Gasteiger partial charge in [0.1, 0.15) is 0 Å². The van der Waals surface area contributed by atoms with Gasteiger partial charge in [-0.1, -0.05) is 0 Å². The normalized spacial score (nSPS) is 21.5. The SMILES string of the molecule is Cc1ccsc1NCCC1COCCN1. The third-order valence-electron chi connectivity index (χ3n) is 2.64. The molecule has 0 radical (unpaired) electrons. The minimum atomic E-state index is 0.520. The molecule has 2 N–H and O–H groups in total. The fourth-order valence-electron chi connectivity index (χ4n) is 1.72. The van der Waals surface area contributed by atoms with Gasteiger partial charge >= 0.3 is 0 Å². The first-order chi connectivity index (χ1) is 7.36. The summed E-state index contributed by atoms with van der Waals surface area (Å²) in [7, 11) is 0. The van der Waals surface area contributed by atoms with Crippen LogP contribution < -0.4 is 10.6 Å². The molecule has 0 aliphatic carbocycles. The van der Waals surface area contributed by atoms with Gasteiger partial charge in [0.2, 0.25) is 0 Å². The molecule has 1 atom stereocenters. The molecule has 84 valence electrons. The molecule has 0 amide bonds. The van der Waals surface area contributed by atoms with E-state index in [1.807, 2.05) is 0 Å². The molecular weight excluding hydrogens is 208 g/mol. The molecule has 3 nitrogen and oxygen atoms in total. The molecule has 1 aliphatic heterocycles. The monoisotopic (exact) mass is 226 g/mol. The van der Waals surface area contributed by atoms with Gasteiger partial charge in [0, 0.05) is 19.1 Å². The lowest BCUT2D eigenvalue weighted by Gasteiger charge is -2.23. The fourth-order valence-corrected chi connectivity index (χ4v) is 2.57. The molecule has 1 saturated heterocycles. The van der Waals surface area contributed by atoms with Gasteiger partial charge in [-0.3, -0.25) is 0 Å². The van der Waals surface area contributed by atoms with Crippen LogP contribution in [0.4, 0.5) is 5.00 Å². The molecule has 1 aromatic rings. The van der Waals surface area contributed by atoms with Crippen molar-refractivity contribution in [1.29, 1.82) is 0 Å². The van der Waals surface area contributed by atoms with Gasteiger partial charge in [-0.2, -0.15) is 0 Å². The van der Waals surface area contributed by atoms with Crippen molar-refractivity contribution in [1.82, 2.24) is 5.32 Å². The van der Waals surface area contributed by atoms with Crippen molar-refractivity contribution in [2.45, 2.75) is 19.4 Å². The number of morpholine rings is 1. The molecule has 0 bridgehead atoms. The van der Waals surface area contributed by atoms with Gasteiger partial charge in [-0.15, -0.1) is 11.3 Å². The van der Waals surface area contributed by atoms with Crippen LogP contribution in [-0.2, 0) is 4.74 Å². The van der Waals surface area contributed by atoms with Crippen LogP contribution in [0.15, 0.2) is 11.4 Å². The minimum Gasteiger partial charge on any atom is -0.379 e. The van der Waals surface area contributed by atoms with Gasteiger partial charge in [0.05, 0.1) is 18.2 Å². The third-order valence-corrected chi connectivity index (χ3v) is 3.61. The summed E-state index contributed by atoms with van der Waals surface area (Å²) < 4.78 is 5.41. The fraction of sp³-hybridized carbons (Fsp3) is 0.636. The second-order valence-electron chi connectivity index (χ2n) is 3.87. The van der Waals surface area contributed by atoms with Crippen LogP contribution in [0.2, 0.25) is 0 Å². The topological polar surface area (TPSA) is 33.3 Å².